The van der Waals surface area contributed by atoms with Gasteiger partial charge in [-0.2, -0.15) is 0 Å². The van der Waals surface area contributed by atoms with Gasteiger partial charge in [0.15, 0.2) is 18.3 Å². The van der Waals surface area contributed by atoms with Gasteiger partial charge in [-0.25, -0.2) is 0 Å². The Kier molecular flexibility index (Phi) is 39.9. The molecule has 0 aromatic rings. The van der Waals surface area contributed by atoms with Gasteiger partial charge in [0.05, 0.1) is 15.6 Å². The van der Waals surface area contributed by atoms with Crippen molar-refractivity contribution >= 4 is 41.4 Å². The average Bonchev–Trinajstić information content (AvgIpc) is 2.88. The Morgan fingerprint density at radius 2 is 0.720 bits per heavy atom. The van der Waals surface area contributed by atoms with Crippen LogP contribution in [0.2, 0.25) is 0 Å². The number of esters is 3. The number of ether oxygens (including phenoxy) is 3. The number of hydrogen-bond donors (Lipinski definition) is 1. The van der Waals surface area contributed by atoms with E-state index in [0.29, 0.717) is 38.5 Å². The van der Waals surface area contributed by atoms with Gasteiger partial charge >= 0.3 is 166 Å². The summed E-state index contributed by atoms with van der Waals surface area (Å²) in [6.07, 6.45) is -11.8. The minimum Gasteiger partial charge on any atom is -0.790 e. The molecule has 1 fully saturated rings. The third-order valence-corrected chi connectivity index (χ3v) is 7.97. The summed E-state index contributed by atoms with van der Waals surface area (Å²) in [4.78, 5) is 107. The van der Waals surface area contributed by atoms with Crippen LogP contribution >= 0.6 is 23.5 Å². The van der Waals surface area contributed by atoms with Crippen molar-refractivity contribution in [3.05, 3.63) is 0 Å². The van der Waals surface area contributed by atoms with Gasteiger partial charge in [0, 0.05) is 19.3 Å². The maximum absolute atomic E-state index is 12.9. The SMILES string of the molecule is CCCCCC(=O)O[C@@H]1[C@@H](OC(=O)CCCCC)[C@H](OP(=O)([O-])O)[C@@H](OP(=O)([O-])[O-])[C@@H](OP(=O)([O-])[O-])[C@H]1OC(=O)CCCCC.[Na+].[Na+].[Na+].[Na+].[Na+]. The van der Waals surface area contributed by atoms with Gasteiger partial charge in [0.25, 0.3) is 7.82 Å². The monoisotopic (exact) mass is 824 g/mol. The topological polar surface area (TPSA) is 293 Å². The average molecular weight is 824 g/mol. The Hall–Kier alpha value is 3.74. The fourth-order valence-electron chi connectivity index (χ4n) is 4.53. The summed E-state index contributed by atoms with van der Waals surface area (Å²) >= 11 is 0. The Morgan fingerprint density at radius 3 is 0.960 bits per heavy atom. The van der Waals surface area contributed by atoms with Crippen molar-refractivity contribution in [2.45, 2.75) is 134 Å². The first-order valence-corrected chi connectivity index (χ1v) is 18.9. The molecule has 0 aromatic carbocycles. The number of rotatable bonds is 21. The van der Waals surface area contributed by atoms with Crippen LogP contribution in [0.4, 0.5) is 0 Å². The molecule has 264 valence electrons. The van der Waals surface area contributed by atoms with E-state index in [9.17, 15) is 57.4 Å². The molecule has 0 heterocycles. The van der Waals surface area contributed by atoms with Crippen LogP contribution in [0.25, 0.3) is 0 Å². The minimum absolute atomic E-state index is 0. The Morgan fingerprint density at radius 1 is 0.480 bits per heavy atom. The molecule has 1 unspecified atom stereocenters. The summed E-state index contributed by atoms with van der Waals surface area (Å²) in [5.41, 5.74) is 0. The first-order valence-electron chi connectivity index (χ1n) is 14.5. The van der Waals surface area contributed by atoms with Crippen LogP contribution in [0.5, 0.6) is 0 Å². The van der Waals surface area contributed by atoms with E-state index in [1.165, 1.54) is 0 Å². The third kappa shape index (κ3) is 27.4. The molecule has 1 aliphatic rings. The molecule has 1 saturated carbocycles. The quantitative estimate of drug-likeness (QED) is 0.0369. The van der Waals surface area contributed by atoms with E-state index in [1.807, 2.05) is 20.8 Å². The van der Waals surface area contributed by atoms with Crippen molar-refractivity contribution in [3.63, 3.8) is 0 Å². The van der Waals surface area contributed by atoms with Crippen LogP contribution < -0.4 is 172 Å². The molecule has 0 aliphatic heterocycles. The van der Waals surface area contributed by atoms with Gasteiger partial charge in [0.2, 0.25) is 0 Å². The van der Waals surface area contributed by atoms with E-state index < -0.39 is 78.0 Å². The number of phosphoric ester groups is 3. The summed E-state index contributed by atoms with van der Waals surface area (Å²) < 4.78 is 64.7. The van der Waals surface area contributed by atoms with Crippen molar-refractivity contribution in [2.24, 2.45) is 0 Å². The van der Waals surface area contributed by atoms with E-state index in [4.69, 9.17) is 14.2 Å². The largest absolute Gasteiger partial charge is 1.00 e. The van der Waals surface area contributed by atoms with Crippen LogP contribution in [0.3, 0.4) is 0 Å². The van der Waals surface area contributed by atoms with E-state index in [2.05, 4.69) is 13.6 Å². The molecular weight excluding hydrogens is 784 g/mol. The summed E-state index contributed by atoms with van der Waals surface area (Å²) in [6.45, 7) is 5.45. The Bertz CT molecular complexity index is 1050. The van der Waals surface area contributed by atoms with Crippen LogP contribution in [0, 0.1) is 0 Å². The van der Waals surface area contributed by atoms with Gasteiger partial charge in [-0.3, -0.25) is 18.9 Å². The molecule has 7 atom stereocenters. The second-order valence-corrected chi connectivity index (χ2v) is 13.7. The number of carbonyl (C=O) groups is 3. The van der Waals surface area contributed by atoms with Crippen LogP contribution in [0.15, 0.2) is 0 Å². The fourth-order valence-corrected chi connectivity index (χ4v) is 6.15. The minimum atomic E-state index is -6.29. The van der Waals surface area contributed by atoms with Crippen LogP contribution in [0.1, 0.15) is 97.8 Å². The molecule has 1 aliphatic carbocycles. The van der Waals surface area contributed by atoms with Gasteiger partial charge in [-0.05, 0) is 19.3 Å². The number of hydrogen-bond acceptors (Lipinski definition) is 17. The normalized spacial score (nSPS) is 22.7. The second kappa shape index (κ2) is 31.7. The zero-order valence-corrected chi connectivity index (χ0v) is 42.9. The first-order chi connectivity index (χ1) is 20.8. The van der Waals surface area contributed by atoms with Crippen molar-refractivity contribution in [1.82, 2.24) is 0 Å². The standard InChI is InChI=1S/C24H45O18P3.5Na/c1-4-7-10-13-16(25)37-19-20(38-17(26)14-11-8-5-2)22(40-43(28,29)30)24(42-45(34,35)36)23(41-44(31,32)33)21(19)39-18(27)15-12-9-6-3;;;;;/h19-24H,4-15H2,1-3H3,(H2,28,29,30)(H2,31,32,33)(H2,34,35,36);;;;;/q;5*+1/p-5/t19-,20-,21+,22-,23-,24-;;;;;/m0...../s1. The van der Waals surface area contributed by atoms with Crippen LogP contribution in [-0.2, 0) is 55.9 Å². The number of unbranched alkanes of at least 4 members (excludes halogenated alkanes) is 6. The van der Waals surface area contributed by atoms with E-state index in [1.54, 1.807) is 0 Å². The van der Waals surface area contributed by atoms with E-state index >= 15 is 0 Å². The molecule has 18 nitrogen and oxygen atoms in total. The molecular formula is C24H40Na5O18P3. The number of carbonyl (C=O) groups excluding carboxylic acids is 3. The zero-order valence-electron chi connectivity index (χ0n) is 30.2. The van der Waals surface area contributed by atoms with Gasteiger partial charge in [-0.15, -0.1) is 0 Å². The summed E-state index contributed by atoms with van der Waals surface area (Å²) in [6, 6.07) is 0. The summed E-state index contributed by atoms with van der Waals surface area (Å²) in [7, 11) is -18.5. The molecule has 1 N–H and O–H groups in total. The van der Waals surface area contributed by atoms with Gasteiger partial charge in [-0.1, -0.05) is 59.3 Å². The third-order valence-electron chi connectivity index (χ3n) is 6.46. The molecule has 1 rings (SSSR count). The van der Waals surface area contributed by atoms with Crippen molar-refractivity contribution in [1.29, 1.82) is 0 Å². The second-order valence-electron chi connectivity index (χ2n) is 10.3. The van der Waals surface area contributed by atoms with Crippen molar-refractivity contribution in [3.8, 4) is 0 Å². The molecule has 0 saturated heterocycles. The maximum atomic E-state index is 12.9. The molecule has 0 radical (unpaired) electrons. The van der Waals surface area contributed by atoms with Crippen molar-refractivity contribution < 1.29 is 233 Å². The molecule has 50 heavy (non-hydrogen) atoms. The molecule has 26 heteroatoms. The molecule has 0 spiro atoms. The Labute approximate surface area is 403 Å². The zero-order chi connectivity index (χ0) is 34.4. The molecule has 0 bridgehead atoms. The predicted octanol–water partition coefficient (Wildman–Crippen LogP) is -15.2. The fraction of sp³-hybridized carbons (Fsp3) is 0.875. The first kappa shape index (κ1) is 62.9. The summed E-state index contributed by atoms with van der Waals surface area (Å²) in [5, 5.41) is 0. The van der Waals surface area contributed by atoms with Crippen LogP contribution in [-0.4, -0.2) is 59.4 Å². The molecule has 0 aromatic heterocycles. The number of phosphoric acid groups is 3. The maximum Gasteiger partial charge on any atom is 1.00 e. The van der Waals surface area contributed by atoms with E-state index in [-0.39, 0.29) is 186 Å². The smallest absolute Gasteiger partial charge is 0.790 e. The van der Waals surface area contributed by atoms with Gasteiger partial charge in [0.1, 0.15) is 18.3 Å². The Balaban J connectivity index is -0.00000135. The predicted molar refractivity (Wildman–Crippen MR) is 142 cm³/mol. The van der Waals surface area contributed by atoms with Crippen molar-refractivity contribution in [2.75, 3.05) is 0 Å². The van der Waals surface area contributed by atoms with Gasteiger partial charge < -0.3 is 66.3 Å². The molecule has 0 amide bonds. The summed E-state index contributed by atoms with van der Waals surface area (Å²) in [5.74, 6) is -3.29. The van der Waals surface area contributed by atoms with E-state index in [0.717, 1.165) is 0 Å².